The van der Waals surface area contributed by atoms with Gasteiger partial charge in [-0.3, -0.25) is 13.9 Å². The number of para-hydroxylation sites is 2. The minimum Gasteiger partial charge on any atom is -0.492 e. The van der Waals surface area contributed by atoms with E-state index in [1.165, 1.54) is 17.0 Å². The Morgan fingerprint density at radius 3 is 2.29 bits per heavy atom. The van der Waals surface area contributed by atoms with Gasteiger partial charge in [-0.15, -0.1) is 0 Å². The lowest BCUT2D eigenvalue weighted by Crippen LogP contribution is -2.52. The molecule has 8 nitrogen and oxygen atoms in total. The fourth-order valence-electron chi connectivity index (χ4n) is 4.61. The van der Waals surface area contributed by atoms with Crippen molar-refractivity contribution in [2.24, 2.45) is 0 Å². The summed E-state index contributed by atoms with van der Waals surface area (Å²) in [5, 5.41) is 2.95. The Kier molecular flexibility index (Phi) is 11.8. The molecular weight excluding hydrogens is 538 g/mol. The Balaban J connectivity index is 2.07. The molecule has 41 heavy (non-hydrogen) atoms. The highest BCUT2D eigenvalue weighted by Gasteiger charge is 2.34. The maximum Gasteiger partial charge on any atom is 0.264 e. The zero-order valence-corrected chi connectivity index (χ0v) is 25.2. The summed E-state index contributed by atoms with van der Waals surface area (Å²) in [4.78, 5) is 29.0. The van der Waals surface area contributed by atoms with Crippen molar-refractivity contribution >= 4 is 27.5 Å². The van der Waals surface area contributed by atoms with Gasteiger partial charge in [0.1, 0.15) is 18.3 Å². The molecule has 1 atom stereocenters. The normalized spacial score (nSPS) is 11.9. The van der Waals surface area contributed by atoms with Gasteiger partial charge < -0.3 is 15.0 Å². The third kappa shape index (κ3) is 8.33. The first kappa shape index (κ1) is 31.7. The van der Waals surface area contributed by atoms with Crippen LogP contribution in [0, 0.1) is 6.92 Å². The molecule has 0 bridgehead atoms. The Morgan fingerprint density at radius 2 is 1.63 bits per heavy atom. The summed E-state index contributed by atoms with van der Waals surface area (Å²) in [5.41, 5.74) is 2.13. The number of hydrogen-bond donors (Lipinski definition) is 1. The van der Waals surface area contributed by atoms with Crippen LogP contribution in [-0.4, -0.2) is 50.9 Å². The van der Waals surface area contributed by atoms with Crippen molar-refractivity contribution in [2.75, 3.05) is 24.0 Å². The summed E-state index contributed by atoms with van der Waals surface area (Å²) >= 11 is 0. The number of nitrogens with one attached hydrogen (secondary N) is 1. The van der Waals surface area contributed by atoms with Crippen molar-refractivity contribution in [1.29, 1.82) is 0 Å². The SMILES string of the molecule is CCCCNC(=O)[C@H](CC)N(Cc1cccc(C)c1)C(=O)CN(c1ccccc1OCC)S(=O)(=O)c1ccccc1. The van der Waals surface area contributed by atoms with Crippen LogP contribution in [0.25, 0.3) is 0 Å². The van der Waals surface area contributed by atoms with Crippen molar-refractivity contribution in [1.82, 2.24) is 10.2 Å². The second kappa shape index (κ2) is 15.2. The number of sulfonamides is 1. The van der Waals surface area contributed by atoms with E-state index in [0.717, 1.165) is 28.3 Å². The lowest BCUT2D eigenvalue weighted by Gasteiger charge is -2.33. The van der Waals surface area contributed by atoms with E-state index in [1.54, 1.807) is 42.5 Å². The molecule has 0 saturated heterocycles. The van der Waals surface area contributed by atoms with Crippen LogP contribution in [0.3, 0.4) is 0 Å². The largest absolute Gasteiger partial charge is 0.492 e. The molecule has 1 N–H and O–H groups in total. The molecule has 0 aliphatic heterocycles. The van der Waals surface area contributed by atoms with E-state index in [2.05, 4.69) is 5.32 Å². The second-order valence-corrected chi connectivity index (χ2v) is 11.7. The summed E-state index contributed by atoms with van der Waals surface area (Å²) in [6.07, 6.45) is 2.12. The van der Waals surface area contributed by atoms with Gasteiger partial charge >= 0.3 is 0 Å². The quantitative estimate of drug-likeness (QED) is 0.246. The van der Waals surface area contributed by atoms with Crippen molar-refractivity contribution in [3.63, 3.8) is 0 Å². The molecule has 0 aromatic heterocycles. The summed E-state index contributed by atoms with van der Waals surface area (Å²) < 4.78 is 34.9. The number of ether oxygens (including phenoxy) is 1. The van der Waals surface area contributed by atoms with E-state index in [1.807, 2.05) is 52.0 Å². The van der Waals surface area contributed by atoms with Crippen LogP contribution in [0.5, 0.6) is 5.75 Å². The third-order valence-corrected chi connectivity index (χ3v) is 8.47. The fraction of sp³-hybridized carbons (Fsp3) is 0.375. The highest BCUT2D eigenvalue weighted by atomic mass is 32.2. The third-order valence-electron chi connectivity index (χ3n) is 6.69. The molecule has 0 heterocycles. The Bertz CT molecular complexity index is 1400. The predicted molar refractivity (Wildman–Crippen MR) is 162 cm³/mol. The summed E-state index contributed by atoms with van der Waals surface area (Å²) in [7, 11) is -4.17. The highest BCUT2D eigenvalue weighted by molar-refractivity contribution is 7.92. The van der Waals surface area contributed by atoms with Crippen LogP contribution in [0.15, 0.2) is 83.8 Å². The number of rotatable bonds is 15. The predicted octanol–water partition coefficient (Wildman–Crippen LogP) is 5.31. The summed E-state index contributed by atoms with van der Waals surface area (Å²) in [6, 6.07) is 21.7. The topological polar surface area (TPSA) is 96.0 Å². The zero-order valence-electron chi connectivity index (χ0n) is 24.4. The number of carbonyl (C=O) groups is 2. The highest BCUT2D eigenvalue weighted by Crippen LogP contribution is 2.33. The van der Waals surface area contributed by atoms with E-state index in [4.69, 9.17) is 4.74 Å². The van der Waals surface area contributed by atoms with Gasteiger partial charge in [0.25, 0.3) is 10.0 Å². The van der Waals surface area contributed by atoms with Crippen LogP contribution in [0.2, 0.25) is 0 Å². The average Bonchev–Trinajstić information content (AvgIpc) is 2.97. The second-order valence-electron chi connectivity index (χ2n) is 9.80. The standard InChI is InChI=1S/C32H41N3O5S/c1-5-8-21-33-32(37)28(6-2)34(23-26-16-14-15-25(4)22-26)31(36)24-35(29-19-12-13-20-30(29)40-7-3)41(38,39)27-17-10-9-11-18-27/h9-20,22,28H,5-8,21,23-24H2,1-4H3,(H,33,37)/t28-/m0/s1. The molecule has 220 valence electrons. The van der Waals surface area contributed by atoms with Gasteiger partial charge in [0.2, 0.25) is 11.8 Å². The number of hydrogen-bond acceptors (Lipinski definition) is 5. The molecule has 0 aliphatic rings. The number of benzene rings is 3. The van der Waals surface area contributed by atoms with Crippen molar-refractivity contribution in [2.45, 2.75) is 64.4 Å². The van der Waals surface area contributed by atoms with Crippen LogP contribution >= 0.6 is 0 Å². The minimum absolute atomic E-state index is 0.0497. The minimum atomic E-state index is -4.17. The number of nitrogens with zero attached hydrogens (tertiary/aromatic N) is 2. The van der Waals surface area contributed by atoms with Gasteiger partial charge in [-0.1, -0.05) is 80.4 Å². The lowest BCUT2D eigenvalue weighted by atomic mass is 10.1. The lowest BCUT2D eigenvalue weighted by molar-refractivity contribution is -0.140. The molecular formula is C32H41N3O5S. The fourth-order valence-corrected chi connectivity index (χ4v) is 6.05. The molecule has 9 heteroatoms. The van der Waals surface area contributed by atoms with Crippen molar-refractivity contribution < 1.29 is 22.7 Å². The Labute approximate surface area is 244 Å². The number of aryl methyl sites for hydroxylation is 1. The maximum atomic E-state index is 14.2. The molecule has 3 aromatic rings. The number of anilines is 1. The first-order valence-corrected chi connectivity index (χ1v) is 15.6. The van der Waals surface area contributed by atoms with E-state index in [9.17, 15) is 18.0 Å². The molecule has 0 fully saturated rings. The van der Waals surface area contributed by atoms with Gasteiger partial charge in [0.15, 0.2) is 0 Å². The van der Waals surface area contributed by atoms with Crippen molar-refractivity contribution in [3.05, 3.63) is 90.0 Å². The molecule has 0 radical (unpaired) electrons. The number of unbranched alkanes of at least 4 members (excludes halogenated alkanes) is 1. The Hall–Kier alpha value is -3.85. The molecule has 3 aromatic carbocycles. The molecule has 0 spiro atoms. The van der Waals surface area contributed by atoms with Crippen LogP contribution < -0.4 is 14.4 Å². The van der Waals surface area contributed by atoms with E-state index in [-0.39, 0.29) is 23.0 Å². The van der Waals surface area contributed by atoms with Gasteiger partial charge in [0, 0.05) is 13.1 Å². The van der Waals surface area contributed by atoms with E-state index >= 15 is 0 Å². The molecule has 0 aliphatic carbocycles. The van der Waals surface area contributed by atoms with Crippen LogP contribution in [-0.2, 0) is 26.2 Å². The van der Waals surface area contributed by atoms with Crippen LogP contribution in [0.1, 0.15) is 51.2 Å². The van der Waals surface area contributed by atoms with Crippen LogP contribution in [0.4, 0.5) is 5.69 Å². The smallest absolute Gasteiger partial charge is 0.264 e. The molecule has 3 rings (SSSR count). The van der Waals surface area contributed by atoms with Gasteiger partial charge in [-0.25, -0.2) is 8.42 Å². The number of amides is 2. The monoisotopic (exact) mass is 579 g/mol. The van der Waals surface area contributed by atoms with Crippen molar-refractivity contribution in [3.8, 4) is 5.75 Å². The average molecular weight is 580 g/mol. The van der Waals surface area contributed by atoms with E-state index in [0.29, 0.717) is 25.3 Å². The molecule has 0 saturated carbocycles. The van der Waals surface area contributed by atoms with E-state index < -0.39 is 28.5 Å². The zero-order chi connectivity index (χ0) is 29.8. The first-order valence-electron chi connectivity index (χ1n) is 14.1. The molecule has 2 amide bonds. The summed E-state index contributed by atoms with van der Waals surface area (Å²) in [5.74, 6) is -0.402. The Morgan fingerprint density at radius 1 is 0.927 bits per heavy atom. The summed E-state index contributed by atoms with van der Waals surface area (Å²) in [6.45, 7) is 8.14. The first-order chi connectivity index (χ1) is 19.7. The van der Waals surface area contributed by atoms with Gasteiger partial charge in [-0.05, 0) is 56.5 Å². The maximum absolute atomic E-state index is 14.2. The molecule has 0 unspecified atom stereocenters. The van der Waals surface area contributed by atoms with Gasteiger partial charge in [0.05, 0.1) is 17.2 Å². The number of carbonyl (C=O) groups excluding carboxylic acids is 2. The van der Waals surface area contributed by atoms with Gasteiger partial charge in [-0.2, -0.15) is 0 Å².